The summed E-state index contributed by atoms with van der Waals surface area (Å²) in [4.78, 5) is 20.8. The van der Waals surface area contributed by atoms with Crippen LogP contribution < -0.4 is 4.52 Å². The summed E-state index contributed by atoms with van der Waals surface area (Å²) in [5.41, 5.74) is 1.02. The molecule has 0 bridgehead atoms. The van der Waals surface area contributed by atoms with Crippen LogP contribution in [0.2, 0.25) is 0 Å². The summed E-state index contributed by atoms with van der Waals surface area (Å²) in [5.74, 6) is 0.469. The Morgan fingerprint density at radius 1 is 0.944 bits per heavy atom. The second-order valence-corrected chi connectivity index (χ2v) is 7.86. The lowest BCUT2D eigenvalue weighted by Crippen LogP contribution is -1.93. The van der Waals surface area contributed by atoms with E-state index in [1.54, 1.807) is 24.3 Å². The Bertz CT molecular complexity index is 578. The monoisotopic (exact) mass is 282 g/mol. The first kappa shape index (κ1) is 13.4. The molecule has 0 spiro atoms. The predicted octanol–water partition coefficient (Wildman–Crippen LogP) is 2.91. The molecule has 0 heterocycles. The summed E-state index contributed by atoms with van der Waals surface area (Å²) in [7, 11) is 0.411. The maximum Gasteiger partial charge on any atom is 0.334 e. The van der Waals surface area contributed by atoms with Crippen LogP contribution in [0.15, 0.2) is 59.5 Å². The number of rotatable bonds is 3. The van der Waals surface area contributed by atoms with E-state index < -0.39 is 6.72 Å². The van der Waals surface area contributed by atoms with Gasteiger partial charge in [-0.1, -0.05) is 47.3 Å². The van der Waals surface area contributed by atoms with Gasteiger partial charge in [0.2, 0.25) is 0 Å². The minimum absolute atomic E-state index is 0.411. The van der Waals surface area contributed by atoms with Crippen molar-refractivity contribution in [3.05, 3.63) is 60.2 Å². The Labute approximate surface area is 110 Å². The van der Waals surface area contributed by atoms with Gasteiger partial charge in [-0.25, -0.2) is 0 Å². The minimum Gasteiger partial charge on any atom is -0.428 e. The van der Waals surface area contributed by atoms with Crippen LogP contribution in [0.5, 0.6) is 5.75 Å². The van der Waals surface area contributed by atoms with Crippen molar-refractivity contribution in [2.24, 2.45) is 0 Å². The first-order valence-corrected chi connectivity index (χ1v) is 8.66. The Morgan fingerprint density at radius 2 is 1.56 bits per heavy atom. The molecule has 5 heteroatoms. The van der Waals surface area contributed by atoms with E-state index in [9.17, 15) is 9.79 Å². The van der Waals surface area contributed by atoms with Gasteiger partial charge in [0, 0.05) is 4.90 Å². The van der Waals surface area contributed by atoms with Crippen molar-refractivity contribution in [3.8, 4) is 5.75 Å². The topological polar surface area (TPSA) is 49.7 Å². The van der Waals surface area contributed by atoms with Crippen molar-refractivity contribution in [2.45, 2.75) is 11.8 Å². The normalized spacial score (nSPS) is 11.3. The highest BCUT2D eigenvalue weighted by molar-refractivity contribution is 8.17. The standard InChI is InChI=1S/C13H15O3PS/c1-11-7-5-6-10-13(11)18-17(14,15)16-12-8-3-2-4-9-12/h2-10,14-15,18H,1H3. The molecule has 2 rings (SSSR count). The first-order valence-electron chi connectivity index (χ1n) is 5.45. The smallest absolute Gasteiger partial charge is 0.334 e. The van der Waals surface area contributed by atoms with E-state index in [2.05, 4.69) is 0 Å². The summed E-state index contributed by atoms with van der Waals surface area (Å²) in [6.45, 7) is -1.51. The summed E-state index contributed by atoms with van der Waals surface area (Å²) >= 11 is 0. The van der Waals surface area contributed by atoms with Crippen LogP contribution >= 0.6 is 6.72 Å². The highest BCUT2D eigenvalue weighted by Gasteiger charge is 2.12. The molecule has 0 aromatic heterocycles. The van der Waals surface area contributed by atoms with Crippen molar-refractivity contribution in [1.29, 1.82) is 0 Å². The van der Waals surface area contributed by atoms with Crippen LogP contribution in [0, 0.1) is 6.92 Å². The second-order valence-electron chi connectivity index (χ2n) is 3.80. The van der Waals surface area contributed by atoms with E-state index in [1.165, 1.54) is 0 Å². The number of benzene rings is 2. The van der Waals surface area contributed by atoms with E-state index in [4.69, 9.17) is 4.52 Å². The number of aryl methyl sites for hydroxylation is 1. The molecule has 96 valence electrons. The molecular weight excluding hydrogens is 267 g/mol. The number of hydrogen-bond donors (Lipinski definition) is 3. The molecule has 0 atom stereocenters. The fourth-order valence-corrected chi connectivity index (χ4v) is 4.49. The minimum atomic E-state index is -3.44. The van der Waals surface area contributed by atoms with E-state index in [1.807, 2.05) is 37.3 Å². The molecule has 0 aliphatic rings. The molecule has 0 aliphatic carbocycles. The van der Waals surface area contributed by atoms with Crippen LogP contribution in [0.4, 0.5) is 0 Å². The van der Waals surface area contributed by atoms with Gasteiger partial charge in [0.25, 0.3) is 0 Å². The third-order valence-electron chi connectivity index (χ3n) is 2.32. The zero-order valence-electron chi connectivity index (χ0n) is 9.89. The van der Waals surface area contributed by atoms with E-state index in [0.29, 0.717) is 16.7 Å². The Hall–Kier alpha value is -1.06. The fourth-order valence-electron chi connectivity index (χ4n) is 1.46. The van der Waals surface area contributed by atoms with Gasteiger partial charge in [0.15, 0.2) is 0 Å². The molecule has 0 aliphatic heterocycles. The Balaban J connectivity index is 2.29. The molecule has 2 aromatic carbocycles. The predicted molar refractivity (Wildman–Crippen MR) is 76.6 cm³/mol. The Kier molecular flexibility index (Phi) is 4.25. The molecule has 2 aromatic rings. The number of thiol groups is 1. The van der Waals surface area contributed by atoms with E-state index in [0.717, 1.165) is 10.5 Å². The van der Waals surface area contributed by atoms with Crippen molar-refractivity contribution < 1.29 is 14.3 Å². The quantitative estimate of drug-likeness (QED) is 0.599. The molecule has 0 saturated heterocycles. The summed E-state index contributed by atoms with van der Waals surface area (Å²) < 4.78 is 5.27. The lowest BCUT2D eigenvalue weighted by Gasteiger charge is -2.14. The summed E-state index contributed by atoms with van der Waals surface area (Å²) in [5, 5.41) is 0. The fraction of sp³-hybridized carbons (Fsp3) is 0.0769. The maximum atomic E-state index is 9.98. The van der Waals surface area contributed by atoms with Crippen molar-refractivity contribution >= 4 is 17.7 Å². The lowest BCUT2D eigenvalue weighted by molar-refractivity contribution is 0.370. The van der Waals surface area contributed by atoms with E-state index >= 15 is 0 Å². The molecule has 18 heavy (non-hydrogen) atoms. The van der Waals surface area contributed by atoms with Crippen LogP contribution in [0.3, 0.4) is 0 Å². The van der Waals surface area contributed by atoms with Crippen LogP contribution in [0.1, 0.15) is 5.56 Å². The zero-order chi connectivity index (χ0) is 13.0. The highest BCUT2D eigenvalue weighted by atomic mass is 32.5. The van der Waals surface area contributed by atoms with E-state index in [-0.39, 0.29) is 0 Å². The van der Waals surface area contributed by atoms with Gasteiger partial charge in [0.05, 0.1) is 0 Å². The third kappa shape index (κ3) is 3.72. The first-order chi connectivity index (χ1) is 8.57. The van der Waals surface area contributed by atoms with Crippen molar-refractivity contribution in [2.75, 3.05) is 0 Å². The van der Waals surface area contributed by atoms with Crippen molar-refractivity contribution in [3.63, 3.8) is 0 Å². The van der Waals surface area contributed by atoms with Gasteiger partial charge in [0.1, 0.15) is 5.75 Å². The van der Waals surface area contributed by atoms with Gasteiger partial charge in [-0.15, -0.1) is 0 Å². The van der Waals surface area contributed by atoms with Crippen LogP contribution in [0.25, 0.3) is 0 Å². The molecule has 2 N–H and O–H groups in total. The second kappa shape index (κ2) is 5.72. The van der Waals surface area contributed by atoms with Crippen molar-refractivity contribution in [1.82, 2.24) is 0 Å². The average molecular weight is 282 g/mol. The zero-order valence-corrected chi connectivity index (χ0v) is 11.7. The van der Waals surface area contributed by atoms with Gasteiger partial charge < -0.3 is 14.3 Å². The summed E-state index contributed by atoms with van der Waals surface area (Å²) in [6, 6.07) is 16.4. The highest BCUT2D eigenvalue weighted by Crippen LogP contribution is 2.42. The largest absolute Gasteiger partial charge is 0.428 e. The number of hydrogen-bond acceptors (Lipinski definition) is 1. The van der Waals surface area contributed by atoms with Gasteiger partial charge >= 0.3 is 6.72 Å². The average Bonchev–Trinajstić information content (AvgIpc) is 2.32. The molecule has 0 fully saturated rings. The van der Waals surface area contributed by atoms with Gasteiger partial charge in [-0.2, -0.15) is 0 Å². The molecule has 0 radical (unpaired) electrons. The van der Waals surface area contributed by atoms with Crippen LogP contribution in [-0.2, 0) is 10.9 Å². The van der Waals surface area contributed by atoms with Crippen LogP contribution in [-0.4, -0.2) is 9.79 Å². The molecular formula is C13H15O3PS. The third-order valence-corrected chi connectivity index (χ3v) is 5.43. The molecule has 0 amide bonds. The molecule has 0 unspecified atom stereocenters. The maximum absolute atomic E-state index is 9.98. The SMILES string of the molecule is Cc1ccccc1[SH]=P(O)(O)Oc1ccccc1. The lowest BCUT2D eigenvalue weighted by atomic mass is 10.2. The molecule has 3 nitrogen and oxygen atoms in total. The van der Waals surface area contributed by atoms with Gasteiger partial charge in [-0.05, 0) is 30.7 Å². The van der Waals surface area contributed by atoms with Gasteiger partial charge in [-0.3, -0.25) is 0 Å². The Morgan fingerprint density at radius 3 is 2.22 bits per heavy atom. The summed E-state index contributed by atoms with van der Waals surface area (Å²) in [6.07, 6.45) is 0. The number of para-hydroxylation sites is 1. The molecule has 0 saturated carbocycles.